The van der Waals surface area contributed by atoms with Crippen LogP contribution in [0.1, 0.15) is 24.8 Å². The summed E-state index contributed by atoms with van der Waals surface area (Å²) in [5.41, 5.74) is 0.647. The first kappa shape index (κ1) is 15.7. The first-order chi connectivity index (χ1) is 10.1. The molecule has 0 spiro atoms. The molecule has 2 amide bonds. The molecule has 0 aliphatic carbocycles. The second kappa shape index (κ2) is 7.33. The molecule has 0 bridgehead atoms. The van der Waals surface area contributed by atoms with Crippen LogP contribution in [0.15, 0.2) is 36.4 Å². The number of benzene rings is 1. The highest BCUT2D eigenvalue weighted by molar-refractivity contribution is 7.16. The van der Waals surface area contributed by atoms with Crippen LogP contribution >= 0.6 is 22.9 Å². The third kappa shape index (κ3) is 4.37. The lowest BCUT2D eigenvalue weighted by atomic mass is 10.3. The van der Waals surface area contributed by atoms with Gasteiger partial charge in [0.1, 0.15) is 5.75 Å². The molecule has 0 aliphatic heterocycles. The fraction of sp³-hybridized carbons (Fsp3) is 0.267. The van der Waals surface area contributed by atoms with Gasteiger partial charge < -0.3 is 15.4 Å². The number of para-hydroxylation sites is 2. The van der Waals surface area contributed by atoms with Crippen molar-refractivity contribution < 1.29 is 9.53 Å². The van der Waals surface area contributed by atoms with Crippen molar-refractivity contribution >= 4 is 34.7 Å². The van der Waals surface area contributed by atoms with E-state index in [0.717, 1.165) is 4.88 Å². The van der Waals surface area contributed by atoms with Crippen molar-refractivity contribution in [1.82, 2.24) is 5.32 Å². The van der Waals surface area contributed by atoms with Gasteiger partial charge in [-0.2, -0.15) is 0 Å². The maximum absolute atomic E-state index is 12.1. The van der Waals surface area contributed by atoms with Crippen molar-refractivity contribution in [3.05, 3.63) is 45.6 Å². The van der Waals surface area contributed by atoms with Crippen molar-refractivity contribution in [3.8, 4) is 5.75 Å². The van der Waals surface area contributed by atoms with Crippen LogP contribution < -0.4 is 15.4 Å². The molecule has 0 fully saturated rings. The van der Waals surface area contributed by atoms with E-state index in [-0.39, 0.29) is 12.1 Å². The summed E-state index contributed by atoms with van der Waals surface area (Å²) >= 11 is 7.35. The minimum atomic E-state index is -0.279. The molecule has 0 saturated heterocycles. The molecule has 2 N–H and O–H groups in total. The molecular formula is C15H17ClN2O2S. The maximum Gasteiger partial charge on any atom is 0.319 e. The summed E-state index contributed by atoms with van der Waals surface area (Å²) in [6.45, 7) is 4.36. The minimum Gasteiger partial charge on any atom is -0.492 e. The molecule has 21 heavy (non-hydrogen) atoms. The topological polar surface area (TPSA) is 50.4 Å². The highest BCUT2D eigenvalue weighted by Crippen LogP contribution is 2.27. The molecule has 0 radical (unpaired) electrons. The van der Waals surface area contributed by atoms with Crippen LogP contribution in [-0.4, -0.2) is 12.6 Å². The van der Waals surface area contributed by atoms with Crippen LogP contribution in [0, 0.1) is 0 Å². The van der Waals surface area contributed by atoms with E-state index in [1.807, 2.05) is 44.2 Å². The standard InChI is InChI=1S/C15H17ClN2O2S/c1-3-20-12-7-5-4-6-11(12)18-15(19)17-10(2)13-8-9-14(16)21-13/h4-10H,3H2,1-2H3,(H2,17,18,19)/t10-/m1/s1. The number of anilines is 1. The summed E-state index contributed by atoms with van der Waals surface area (Å²) in [6, 6.07) is 10.7. The lowest BCUT2D eigenvalue weighted by molar-refractivity contribution is 0.249. The van der Waals surface area contributed by atoms with Gasteiger partial charge in [-0.05, 0) is 38.1 Å². The van der Waals surface area contributed by atoms with Gasteiger partial charge in [0.25, 0.3) is 0 Å². The van der Waals surface area contributed by atoms with Crippen molar-refractivity contribution in [3.63, 3.8) is 0 Å². The van der Waals surface area contributed by atoms with Crippen LogP contribution in [0.2, 0.25) is 4.34 Å². The van der Waals surface area contributed by atoms with Crippen molar-refractivity contribution in [2.75, 3.05) is 11.9 Å². The lowest BCUT2D eigenvalue weighted by Crippen LogP contribution is -2.30. The van der Waals surface area contributed by atoms with Gasteiger partial charge in [-0.15, -0.1) is 11.3 Å². The van der Waals surface area contributed by atoms with E-state index in [4.69, 9.17) is 16.3 Å². The van der Waals surface area contributed by atoms with E-state index < -0.39 is 0 Å². The van der Waals surface area contributed by atoms with Gasteiger partial charge in [-0.1, -0.05) is 23.7 Å². The molecule has 0 unspecified atom stereocenters. The number of nitrogens with one attached hydrogen (secondary N) is 2. The van der Waals surface area contributed by atoms with Crippen LogP contribution in [0.4, 0.5) is 10.5 Å². The van der Waals surface area contributed by atoms with E-state index in [1.54, 1.807) is 6.07 Å². The van der Waals surface area contributed by atoms with Gasteiger partial charge in [-0.3, -0.25) is 0 Å². The fourth-order valence-corrected chi connectivity index (χ4v) is 2.90. The molecule has 112 valence electrons. The summed E-state index contributed by atoms with van der Waals surface area (Å²) in [5.74, 6) is 0.655. The first-order valence-corrected chi connectivity index (χ1v) is 7.84. The Balaban J connectivity index is 1.98. The second-order valence-corrected chi connectivity index (χ2v) is 6.14. The molecule has 1 aromatic carbocycles. The lowest BCUT2D eigenvalue weighted by Gasteiger charge is -2.15. The third-order valence-electron chi connectivity index (χ3n) is 2.80. The Bertz CT molecular complexity index is 615. The van der Waals surface area contributed by atoms with Crippen molar-refractivity contribution in [2.45, 2.75) is 19.9 Å². The molecule has 6 heteroatoms. The smallest absolute Gasteiger partial charge is 0.319 e. The Morgan fingerprint density at radius 2 is 2.10 bits per heavy atom. The Kier molecular flexibility index (Phi) is 5.47. The average Bonchev–Trinajstić information content (AvgIpc) is 2.88. The Hall–Kier alpha value is -1.72. The molecule has 2 aromatic rings. The zero-order valence-corrected chi connectivity index (χ0v) is 13.4. The zero-order valence-electron chi connectivity index (χ0n) is 11.9. The molecule has 1 heterocycles. The van der Waals surface area contributed by atoms with Gasteiger partial charge in [-0.25, -0.2) is 4.79 Å². The number of urea groups is 1. The van der Waals surface area contributed by atoms with Crippen LogP contribution in [0.25, 0.3) is 0 Å². The number of hydrogen-bond donors (Lipinski definition) is 2. The third-order valence-corrected chi connectivity index (χ3v) is 4.22. The zero-order chi connectivity index (χ0) is 15.2. The normalized spacial score (nSPS) is 11.8. The Labute approximate surface area is 133 Å². The number of amides is 2. The number of rotatable bonds is 5. The molecular weight excluding hydrogens is 308 g/mol. The molecule has 4 nitrogen and oxygen atoms in total. The number of carbonyl (C=O) groups excluding carboxylic acids is 1. The van der Waals surface area contributed by atoms with E-state index >= 15 is 0 Å². The average molecular weight is 325 g/mol. The van der Waals surface area contributed by atoms with Gasteiger partial charge in [0.2, 0.25) is 0 Å². The maximum atomic E-state index is 12.1. The van der Waals surface area contributed by atoms with Crippen LogP contribution in [0.5, 0.6) is 5.75 Å². The van der Waals surface area contributed by atoms with Crippen molar-refractivity contribution in [1.29, 1.82) is 0 Å². The summed E-state index contributed by atoms with van der Waals surface area (Å²) < 4.78 is 6.18. The van der Waals surface area contributed by atoms with Crippen LogP contribution in [-0.2, 0) is 0 Å². The van der Waals surface area contributed by atoms with Gasteiger partial charge >= 0.3 is 6.03 Å². The van der Waals surface area contributed by atoms with Gasteiger partial charge in [0, 0.05) is 4.88 Å². The molecule has 0 saturated carbocycles. The van der Waals surface area contributed by atoms with E-state index in [9.17, 15) is 4.79 Å². The molecule has 1 atom stereocenters. The van der Waals surface area contributed by atoms with Gasteiger partial charge in [0.05, 0.1) is 22.7 Å². The number of halogens is 1. The van der Waals surface area contributed by atoms with Crippen LogP contribution in [0.3, 0.4) is 0 Å². The van der Waals surface area contributed by atoms with E-state index in [1.165, 1.54) is 11.3 Å². The fourth-order valence-electron chi connectivity index (χ4n) is 1.84. The highest BCUT2D eigenvalue weighted by Gasteiger charge is 2.13. The van der Waals surface area contributed by atoms with Crippen molar-refractivity contribution in [2.24, 2.45) is 0 Å². The molecule has 2 rings (SSSR count). The summed E-state index contributed by atoms with van der Waals surface area (Å²) in [5, 5.41) is 5.67. The van der Waals surface area contributed by atoms with Gasteiger partial charge in [0.15, 0.2) is 0 Å². The molecule has 0 aliphatic rings. The number of ether oxygens (including phenoxy) is 1. The highest BCUT2D eigenvalue weighted by atomic mass is 35.5. The quantitative estimate of drug-likeness (QED) is 0.838. The Morgan fingerprint density at radius 3 is 2.76 bits per heavy atom. The number of hydrogen-bond acceptors (Lipinski definition) is 3. The summed E-state index contributed by atoms with van der Waals surface area (Å²) in [7, 11) is 0. The summed E-state index contributed by atoms with van der Waals surface area (Å²) in [6.07, 6.45) is 0. The predicted molar refractivity (Wildman–Crippen MR) is 87.5 cm³/mol. The largest absolute Gasteiger partial charge is 0.492 e. The molecule has 1 aromatic heterocycles. The van der Waals surface area contributed by atoms with E-state index in [0.29, 0.717) is 22.4 Å². The minimum absolute atomic E-state index is 0.109. The summed E-state index contributed by atoms with van der Waals surface area (Å²) in [4.78, 5) is 13.1. The monoisotopic (exact) mass is 324 g/mol. The number of thiophene rings is 1. The Morgan fingerprint density at radius 1 is 1.33 bits per heavy atom. The first-order valence-electron chi connectivity index (χ1n) is 6.64. The number of carbonyl (C=O) groups is 1. The SMILES string of the molecule is CCOc1ccccc1NC(=O)N[C@H](C)c1ccc(Cl)s1. The second-order valence-electron chi connectivity index (χ2n) is 4.39. The predicted octanol–water partition coefficient (Wildman–Crippen LogP) is 4.68. The van der Waals surface area contributed by atoms with E-state index in [2.05, 4.69) is 10.6 Å².